The number of aliphatic hydroxyl groups excluding tert-OH is 1. The smallest absolute Gasteiger partial charge is 0.157 e. The van der Waals surface area contributed by atoms with Crippen molar-refractivity contribution >= 4 is 22.4 Å². The summed E-state index contributed by atoms with van der Waals surface area (Å²) in [5.41, 5.74) is 3.51. The largest absolute Gasteiger partial charge is 0.391 e. The van der Waals surface area contributed by atoms with Crippen LogP contribution < -0.4 is 10.2 Å². The van der Waals surface area contributed by atoms with E-state index in [1.807, 2.05) is 44.3 Å². The van der Waals surface area contributed by atoms with Crippen molar-refractivity contribution in [3.63, 3.8) is 0 Å². The van der Waals surface area contributed by atoms with Gasteiger partial charge in [0, 0.05) is 30.1 Å². The van der Waals surface area contributed by atoms with Crippen LogP contribution >= 0.6 is 0 Å². The van der Waals surface area contributed by atoms with Gasteiger partial charge in [-0.05, 0) is 50.5 Å². The zero-order valence-corrected chi connectivity index (χ0v) is 16.8. The van der Waals surface area contributed by atoms with Crippen LogP contribution in [0.1, 0.15) is 41.8 Å². The summed E-state index contributed by atoms with van der Waals surface area (Å²) in [6.45, 7) is 7.32. The minimum Gasteiger partial charge on any atom is -0.391 e. The number of hydrogen-bond acceptors (Lipinski definition) is 7. The summed E-state index contributed by atoms with van der Waals surface area (Å²) >= 11 is 0. The van der Waals surface area contributed by atoms with Gasteiger partial charge < -0.3 is 15.3 Å². The number of nitrogens with zero attached hydrogens (tertiary/aromatic N) is 5. The molecule has 1 aromatic carbocycles. The van der Waals surface area contributed by atoms with Crippen LogP contribution in [0, 0.1) is 25.2 Å². The number of anilines is 2. The van der Waals surface area contributed by atoms with Crippen molar-refractivity contribution in [1.82, 2.24) is 15.2 Å². The highest BCUT2D eigenvalue weighted by Gasteiger charge is 2.22. The maximum Gasteiger partial charge on any atom is 0.157 e. The number of fused-ring (bicyclic) bond motifs is 1. The Morgan fingerprint density at radius 3 is 2.83 bits per heavy atom. The van der Waals surface area contributed by atoms with E-state index in [0.717, 1.165) is 46.4 Å². The molecular formula is C22H24N6O. The highest BCUT2D eigenvalue weighted by molar-refractivity contribution is 5.94. The van der Waals surface area contributed by atoms with Crippen LogP contribution in [0.25, 0.3) is 10.8 Å². The number of nitrogens with one attached hydrogen (secondary N) is 1. The molecule has 148 valence electrons. The maximum absolute atomic E-state index is 9.86. The average Bonchev–Trinajstić information content (AvgIpc) is 3.16. The summed E-state index contributed by atoms with van der Waals surface area (Å²) in [6, 6.07) is 9.97. The van der Waals surface area contributed by atoms with E-state index >= 15 is 0 Å². The summed E-state index contributed by atoms with van der Waals surface area (Å²) in [4.78, 5) is 6.67. The van der Waals surface area contributed by atoms with Gasteiger partial charge in [0.15, 0.2) is 5.82 Å². The molecule has 1 saturated heterocycles. The molecule has 0 amide bonds. The highest BCUT2D eigenvalue weighted by atomic mass is 16.3. The standard InChI is InChI=1S/C22H24N6O/c1-13-16(10-23)5-4-6-18(13)14(2)25-22-19-9-21(28-8-7-17(29)12-28)24-11-20(19)15(3)26-27-22/h4-6,9,11,14,17,29H,7-8,12H2,1-3H3,(H,25,27)/t14-,17+/m1/s1. The van der Waals surface area contributed by atoms with Crippen LogP contribution in [0.15, 0.2) is 30.5 Å². The third-order valence-corrected chi connectivity index (χ3v) is 5.64. The highest BCUT2D eigenvalue weighted by Crippen LogP contribution is 2.30. The molecule has 3 aromatic rings. The fraction of sp³-hybridized carbons (Fsp3) is 0.364. The molecule has 2 N–H and O–H groups in total. The first-order chi connectivity index (χ1) is 14.0. The second-order valence-corrected chi connectivity index (χ2v) is 7.61. The monoisotopic (exact) mass is 388 g/mol. The molecule has 29 heavy (non-hydrogen) atoms. The van der Waals surface area contributed by atoms with E-state index in [2.05, 4.69) is 38.4 Å². The van der Waals surface area contributed by atoms with E-state index in [1.54, 1.807) is 0 Å². The van der Waals surface area contributed by atoms with Gasteiger partial charge in [-0.15, -0.1) is 5.10 Å². The third kappa shape index (κ3) is 3.59. The summed E-state index contributed by atoms with van der Waals surface area (Å²) in [5, 5.41) is 33.2. The Kier molecular flexibility index (Phi) is 5.03. The molecule has 4 rings (SSSR count). The molecule has 3 heterocycles. The average molecular weight is 388 g/mol. The minimum atomic E-state index is -0.308. The van der Waals surface area contributed by atoms with Crippen LogP contribution in [-0.4, -0.2) is 39.5 Å². The van der Waals surface area contributed by atoms with Crippen molar-refractivity contribution in [3.05, 3.63) is 52.8 Å². The molecule has 1 fully saturated rings. The van der Waals surface area contributed by atoms with Crippen LogP contribution in [0.4, 0.5) is 11.6 Å². The normalized spacial score (nSPS) is 17.3. The number of aromatic nitrogens is 3. The molecule has 0 aliphatic carbocycles. The van der Waals surface area contributed by atoms with Gasteiger partial charge in [-0.25, -0.2) is 4.98 Å². The van der Waals surface area contributed by atoms with E-state index in [-0.39, 0.29) is 12.1 Å². The molecule has 1 aliphatic heterocycles. The van der Waals surface area contributed by atoms with Crippen molar-refractivity contribution in [2.75, 3.05) is 23.3 Å². The Hall–Kier alpha value is -3.24. The first-order valence-electron chi connectivity index (χ1n) is 9.80. The van der Waals surface area contributed by atoms with Crippen molar-refractivity contribution < 1.29 is 5.11 Å². The van der Waals surface area contributed by atoms with Gasteiger partial charge in [0.2, 0.25) is 0 Å². The number of aliphatic hydroxyl groups is 1. The third-order valence-electron chi connectivity index (χ3n) is 5.64. The predicted octanol–water partition coefficient (Wildman–Crippen LogP) is 3.26. The maximum atomic E-state index is 9.86. The first-order valence-corrected chi connectivity index (χ1v) is 9.80. The zero-order valence-electron chi connectivity index (χ0n) is 16.8. The number of aryl methyl sites for hydroxylation is 1. The molecule has 0 unspecified atom stereocenters. The van der Waals surface area contributed by atoms with Gasteiger partial charge in [-0.2, -0.15) is 10.4 Å². The molecule has 1 aliphatic rings. The van der Waals surface area contributed by atoms with Gasteiger partial charge in [-0.3, -0.25) is 0 Å². The summed E-state index contributed by atoms with van der Waals surface area (Å²) in [7, 11) is 0. The molecule has 7 nitrogen and oxygen atoms in total. The molecule has 2 aromatic heterocycles. The number of β-amino-alcohol motifs (C(OH)–C–C–N with tert-alkyl or cyclic N) is 1. The van der Waals surface area contributed by atoms with E-state index in [0.29, 0.717) is 17.9 Å². The molecule has 0 radical (unpaired) electrons. The molecule has 2 atom stereocenters. The first kappa shape index (κ1) is 19.1. The Labute approximate surface area is 170 Å². The topological polar surface area (TPSA) is 98.0 Å². The lowest BCUT2D eigenvalue weighted by atomic mass is 9.98. The second-order valence-electron chi connectivity index (χ2n) is 7.61. The van der Waals surface area contributed by atoms with E-state index < -0.39 is 0 Å². The van der Waals surface area contributed by atoms with E-state index in [9.17, 15) is 10.4 Å². The molecule has 0 saturated carbocycles. The lowest BCUT2D eigenvalue weighted by molar-refractivity contribution is 0.198. The predicted molar refractivity (Wildman–Crippen MR) is 113 cm³/mol. The van der Waals surface area contributed by atoms with Crippen LogP contribution in [-0.2, 0) is 0 Å². The van der Waals surface area contributed by atoms with Gasteiger partial charge in [0.05, 0.1) is 29.5 Å². The number of hydrogen-bond donors (Lipinski definition) is 2. The van der Waals surface area contributed by atoms with Gasteiger partial charge in [0.25, 0.3) is 0 Å². The number of pyridine rings is 1. The lowest BCUT2D eigenvalue weighted by Crippen LogP contribution is -2.22. The molecule has 0 bridgehead atoms. The van der Waals surface area contributed by atoms with Gasteiger partial charge >= 0.3 is 0 Å². The molecule has 7 heteroatoms. The zero-order chi connectivity index (χ0) is 20.5. The Morgan fingerprint density at radius 2 is 2.10 bits per heavy atom. The van der Waals surface area contributed by atoms with Crippen LogP contribution in [0.3, 0.4) is 0 Å². The fourth-order valence-corrected chi connectivity index (χ4v) is 3.92. The SMILES string of the molecule is Cc1c(C#N)cccc1[C@@H](C)Nc1nnc(C)c2cnc(N3CC[C@H](O)C3)cc12. The minimum absolute atomic E-state index is 0.0475. The molecular weight excluding hydrogens is 364 g/mol. The number of nitriles is 1. The van der Waals surface area contributed by atoms with Crippen molar-refractivity contribution in [1.29, 1.82) is 5.26 Å². The summed E-state index contributed by atoms with van der Waals surface area (Å²) in [6.07, 6.45) is 2.28. The van der Waals surface area contributed by atoms with Crippen molar-refractivity contribution in [3.8, 4) is 6.07 Å². The summed E-state index contributed by atoms with van der Waals surface area (Å²) < 4.78 is 0. The van der Waals surface area contributed by atoms with E-state index in [4.69, 9.17) is 0 Å². The lowest BCUT2D eigenvalue weighted by Gasteiger charge is -2.20. The second kappa shape index (κ2) is 7.64. The van der Waals surface area contributed by atoms with Gasteiger partial charge in [0.1, 0.15) is 5.82 Å². The van der Waals surface area contributed by atoms with Crippen LogP contribution in [0.2, 0.25) is 0 Å². The summed E-state index contributed by atoms with van der Waals surface area (Å²) in [5.74, 6) is 1.52. The van der Waals surface area contributed by atoms with Crippen LogP contribution in [0.5, 0.6) is 0 Å². The van der Waals surface area contributed by atoms with Crippen molar-refractivity contribution in [2.45, 2.75) is 39.3 Å². The quantitative estimate of drug-likeness (QED) is 0.708. The number of benzene rings is 1. The van der Waals surface area contributed by atoms with Gasteiger partial charge in [-0.1, -0.05) is 12.1 Å². The van der Waals surface area contributed by atoms with E-state index in [1.165, 1.54) is 0 Å². The van der Waals surface area contributed by atoms with Crippen molar-refractivity contribution in [2.24, 2.45) is 0 Å². The Balaban J connectivity index is 1.72. The Bertz CT molecular complexity index is 1110. The number of rotatable bonds is 4. The fourth-order valence-electron chi connectivity index (χ4n) is 3.92. The molecule has 0 spiro atoms. The Morgan fingerprint density at radius 1 is 1.28 bits per heavy atom.